The Kier molecular flexibility index (Phi) is 7.69. The van der Waals surface area contributed by atoms with Gasteiger partial charge in [0.1, 0.15) is 0 Å². The molecule has 0 aliphatic rings. The molecule has 1 unspecified atom stereocenters. The van der Waals surface area contributed by atoms with Gasteiger partial charge >= 0.3 is 0 Å². The Bertz CT molecular complexity index is 221. The predicted molar refractivity (Wildman–Crippen MR) is 60.2 cm³/mol. The number of carbonyl (C=O) groups excluding carboxylic acids is 1. The molecule has 0 heterocycles. The van der Waals surface area contributed by atoms with E-state index in [0.29, 0.717) is 18.9 Å². The number of terminal acetylenes is 1. The number of hydrogen-bond acceptors (Lipinski definition) is 3. The molecule has 0 aliphatic heterocycles. The quantitative estimate of drug-likeness (QED) is 0.402. The summed E-state index contributed by atoms with van der Waals surface area (Å²) >= 11 is 0. The third-order valence-corrected chi connectivity index (χ3v) is 2.10. The van der Waals surface area contributed by atoms with Crippen molar-refractivity contribution >= 4 is 5.91 Å². The Labute approximate surface area is 91.4 Å². The second kappa shape index (κ2) is 8.27. The summed E-state index contributed by atoms with van der Waals surface area (Å²) in [5.74, 6) is 2.62. The molecule has 0 radical (unpaired) electrons. The van der Waals surface area contributed by atoms with Crippen molar-refractivity contribution in [2.45, 2.75) is 26.3 Å². The predicted octanol–water partition coefficient (Wildman–Crippen LogP) is -0.268. The lowest BCUT2D eigenvalue weighted by atomic mass is 10.0. The minimum Gasteiger partial charge on any atom is -0.396 e. The van der Waals surface area contributed by atoms with Crippen molar-refractivity contribution in [2.24, 2.45) is 5.92 Å². The highest BCUT2D eigenvalue weighted by molar-refractivity contribution is 5.78. The summed E-state index contributed by atoms with van der Waals surface area (Å²) in [7, 11) is 0. The number of rotatable bonds is 7. The molecule has 0 spiro atoms. The average Bonchev–Trinajstić information content (AvgIpc) is 2.17. The van der Waals surface area contributed by atoms with Gasteiger partial charge in [0.05, 0.1) is 13.1 Å². The molecule has 0 aliphatic carbocycles. The lowest BCUT2D eigenvalue weighted by molar-refractivity contribution is -0.121. The van der Waals surface area contributed by atoms with E-state index >= 15 is 0 Å². The lowest BCUT2D eigenvalue weighted by Gasteiger charge is -2.21. The van der Waals surface area contributed by atoms with E-state index in [9.17, 15) is 4.79 Å². The van der Waals surface area contributed by atoms with Crippen LogP contribution in [0.25, 0.3) is 0 Å². The molecule has 1 amide bonds. The van der Waals surface area contributed by atoms with Crippen LogP contribution in [0.3, 0.4) is 0 Å². The summed E-state index contributed by atoms with van der Waals surface area (Å²) in [6.07, 6.45) is 5.62. The molecule has 0 saturated carbocycles. The fourth-order valence-corrected chi connectivity index (χ4v) is 1.22. The van der Waals surface area contributed by atoms with Crippen LogP contribution in [0.4, 0.5) is 0 Å². The standard InChI is InChI=1S/C11H20N2O2/c1-4-6-12-8-11(15)13-10(5-7-14)9(2)3/h1,9-10,12,14H,5-8H2,2-3H3,(H,13,15). The summed E-state index contributed by atoms with van der Waals surface area (Å²) in [4.78, 5) is 11.4. The number of nitrogens with one attached hydrogen (secondary N) is 2. The van der Waals surface area contributed by atoms with Gasteiger partial charge in [-0.05, 0) is 12.3 Å². The van der Waals surface area contributed by atoms with E-state index in [0.717, 1.165) is 0 Å². The molecule has 0 aromatic heterocycles. The van der Waals surface area contributed by atoms with Crippen LogP contribution in [-0.2, 0) is 4.79 Å². The molecule has 4 heteroatoms. The summed E-state index contributed by atoms with van der Waals surface area (Å²) in [5.41, 5.74) is 0. The van der Waals surface area contributed by atoms with E-state index in [4.69, 9.17) is 11.5 Å². The maximum atomic E-state index is 11.4. The molecule has 0 fully saturated rings. The first-order valence-electron chi connectivity index (χ1n) is 5.16. The minimum atomic E-state index is -0.0857. The van der Waals surface area contributed by atoms with E-state index in [1.807, 2.05) is 13.8 Å². The second-order valence-corrected chi connectivity index (χ2v) is 3.74. The zero-order chi connectivity index (χ0) is 11.7. The van der Waals surface area contributed by atoms with Gasteiger partial charge in [0.2, 0.25) is 5.91 Å². The van der Waals surface area contributed by atoms with Crippen LogP contribution in [0, 0.1) is 18.3 Å². The van der Waals surface area contributed by atoms with Crippen LogP contribution >= 0.6 is 0 Å². The van der Waals surface area contributed by atoms with Gasteiger partial charge in [-0.2, -0.15) is 0 Å². The van der Waals surface area contributed by atoms with E-state index < -0.39 is 0 Å². The van der Waals surface area contributed by atoms with E-state index in [1.165, 1.54) is 0 Å². The maximum Gasteiger partial charge on any atom is 0.234 e. The van der Waals surface area contributed by atoms with Gasteiger partial charge in [0.15, 0.2) is 0 Å². The molecule has 0 saturated heterocycles. The Morgan fingerprint density at radius 1 is 1.53 bits per heavy atom. The van der Waals surface area contributed by atoms with Gasteiger partial charge in [0.25, 0.3) is 0 Å². The van der Waals surface area contributed by atoms with Gasteiger partial charge in [-0.3, -0.25) is 10.1 Å². The second-order valence-electron chi connectivity index (χ2n) is 3.74. The number of aliphatic hydroxyl groups excluding tert-OH is 1. The smallest absolute Gasteiger partial charge is 0.234 e. The Morgan fingerprint density at radius 2 is 2.20 bits per heavy atom. The molecule has 4 nitrogen and oxygen atoms in total. The summed E-state index contributed by atoms with van der Waals surface area (Å²) in [5, 5.41) is 14.5. The number of carbonyl (C=O) groups is 1. The van der Waals surface area contributed by atoms with Gasteiger partial charge in [-0.1, -0.05) is 19.8 Å². The maximum absolute atomic E-state index is 11.4. The van der Waals surface area contributed by atoms with Gasteiger partial charge in [-0.25, -0.2) is 0 Å². The molecular formula is C11H20N2O2. The molecule has 0 rings (SSSR count). The topological polar surface area (TPSA) is 61.4 Å². The Hall–Kier alpha value is -1.05. The summed E-state index contributed by atoms with van der Waals surface area (Å²) in [6.45, 7) is 4.71. The number of amides is 1. The third-order valence-electron chi connectivity index (χ3n) is 2.10. The normalized spacial score (nSPS) is 12.2. The molecule has 86 valence electrons. The first-order valence-corrected chi connectivity index (χ1v) is 5.16. The number of aliphatic hydroxyl groups is 1. The number of hydrogen-bond donors (Lipinski definition) is 3. The van der Waals surface area contributed by atoms with Crippen LogP contribution in [0.5, 0.6) is 0 Å². The van der Waals surface area contributed by atoms with Crippen molar-refractivity contribution in [1.29, 1.82) is 0 Å². The van der Waals surface area contributed by atoms with E-state index in [1.54, 1.807) is 0 Å². The molecule has 0 bridgehead atoms. The highest BCUT2D eigenvalue weighted by Gasteiger charge is 2.14. The zero-order valence-corrected chi connectivity index (χ0v) is 9.42. The van der Waals surface area contributed by atoms with Crippen LogP contribution in [0.2, 0.25) is 0 Å². The molecule has 15 heavy (non-hydrogen) atoms. The summed E-state index contributed by atoms with van der Waals surface area (Å²) in [6, 6.07) is 0.0233. The Morgan fingerprint density at radius 3 is 2.67 bits per heavy atom. The molecule has 0 aromatic carbocycles. The van der Waals surface area contributed by atoms with E-state index in [-0.39, 0.29) is 25.1 Å². The van der Waals surface area contributed by atoms with Gasteiger partial charge in [0, 0.05) is 12.6 Å². The highest BCUT2D eigenvalue weighted by atomic mass is 16.3. The minimum absolute atomic E-state index is 0.0233. The zero-order valence-electron chi connectivity index (χ0n) is 9.42. The van der Waals surface area contributed by atoms with Crippen molar-refractivity contribution in [3.63, 3.8) is 0 Å². The Balaban J connectivity index is 3.85. The lowest BCUT2D eigenvalue weighted by Crippen LogP contribution is -2.43. The monoisotopic (exact) mass is 212 g/mol. The van der Waals surface area contributed by atoms with Crippen molar-refractivity contribution in [3.05, 3.63) is 0 Å². The SMILES string of the molecule is C#CCNCC(=O)NC(CCO)C(C)C. The van der Waals surface area contributed by atoms with E-state index in [2.05, 4.69) is 16.6 Å². The molecule has 1 atom stereocenters. The van der Waals surface area contributed by atoms with Crippen molar-refractivity contribution in [2.75, 3.05) is 19.7 Å². The van der Waals surface area contributed by atoms with Crippen LogP contribution in [0.15, 0.2) is 0 Å². The van der Waals surface area contributed by atoms with Crippen molar-refractivity contribution < 1.29 is 9.90 Å². The van der Waals surface area contributed by atoms with Crippen LogP contribution in [0.1, 0.15) is 20.3 Å². The van der Waals surface area contributed by atoms with Gasteiger partial charge in [-0.15, -0.1) is 6.42 Å². The first-order chi connectivity index (χ1) is 7.11. The molecular weight excluding hydrogens is 192 g/mol. The van der Waals surface area contributed by atoms with Crippen LogP contribution < -0.4 is 10.6 Å². The highest BCUT2D eigenvalue weighted by Crippen LogP contribution is 2.04. The summed E-state index contributed by atoms with van der Waals surface area (Å²) < 4.78 is 0. The van der Waals surface area contributed by atoms with Crippen LogP contribution in [-0.4, -0.2) is 36.8 Å². The average molecular weight is 212 g/mol. The van der Waals surface area contributed by atoms with Crippen molar-refractivity contribution in [1.82, 2.24) is 10.6 Å². The van der Waals surface area contributed by atoms with Crippen molar-refractivity contribution in [3.8, 4) is 12.3 Å². The molecule has 0 aromatic rings. The molecule has 3 N–H and O–H groups in total. The van der Waals surface area contributed by atoms with Gasteiger partial charge < -0.3 is 10.4 Å². The first kappa shape index (κ1) is 13.9. The fraction of sp³-hybridized carbons (Fsp3) is 0.727. The third kappa shape index (κ3) is 6.95. The largest absolute Gasteiger partial charge is 0.396 e. The fourth-order valence-electron chi connectivity index (χ4n) is 1.22.